The Morgan fingerprint density at radius 3 is 2.35 bits per heavy atom. The second kappa shape index (κ2) is 5.71. The molecule has 4 nitrogen and oxygen atoms in total. The van der Waals surface area contributed by atoms with Crippen LogP contribution in [0.4, 0.5) is 0 Å². The van der Waals surface area contributed by atoms with Crippen LogP contribution in [0, 0.1) is 18.3 Å². The summed E-state index contributed by atoms with van der Waals surface area (Å²) in [5.74, 6) is -0.468. The van der Waals surface area contributed by atoms with Crippen molar-refractivity contribution in [3.05, 3.63) is 41.0 Å². The highest BCUT2D eigenvalue weighted by Crippen LogP contribution is 2.23. The van der Waals surface area contributed by atoms with Gasteiger partial charge in [0.25, 0.3) is 0 Å². The highest BCUT2D eigenvalue weighted by molar-refractivity contribution is 6.00. The number of nitrogens with zero attached hydrogens (tertiary/aromatic N) is 1. The van der Waals surface area contributed by atoms with Crippen molar-refractivity contribution in [1.29, 1.82) is 5.26 Å². The molecule has 0 amide bonds. The molecule has 0 bridgehead atoms. The standard InChI is InChI=1S/C13H13NO3/c1-9-6-4-5-7-10(9)12(16-2)11(8-14)13(15)17-3/h4-7H,1-3H3. The summed E-state index contributed by atoms with van der Waals surface area (Å²) in [6.45, 7) is 1.88. The summed E-state index contributed by atoms with van der Waals surface area (Å²) in [6, 6.07) is 9.16. The Bertz CT molecular complexity index is 498. The van der Waals surface area contributed by atoms with E-state index in [9.17, 15) is 4.79 Å². The summed E-state index contributed by atoms with van der Waals surface area (Å²) in [5.41, 5.74) is 1.49. The molecular formula is C13H13NO3. The van der Waals surface area contributed by atoms with Gasteiger partial charge in [0.15, 0.2) is 11.3 Å². The number of methoxy groups -OCH3 is 2. The maximum absolute atomic E-state index is 11.4. The molecule has 17 heavy (non-hydrogen) atoms. The van der Waals surface area contributed by atoms with E-state index in [4.69, 9.17) is 10.00 Å². The van der Waals surface area contributed by atoms with Crippen LogP contribution in [0.2, 0.25) is 0 Å². The number of benzene rings is 1. The number of nitriles is 1. The van der Waals surface area contributed by atoms with Crippen LogP contribution in [-0.4, -0.2) is 20.2 Å². The van der Waals surface area contributed by atoms with E-state index in [1.54, 1.807) is 6.07 Å². The molecule has 0 unspecified atom stereocenters. The number of carbonyl (C=O) groups is 1. The van der Waals surface area contributed by atoms with E-state index in [1.165, 1.54) is 14.2 Å². The minimum atomic E-state index is -0.701. The Hall–Kier alpha value is -2.28. The Labute approximate surface area is 100 Å². The lowest BCUT2D eigenvalue weighted by atomic mass is 10.0. The predicted molar refractivity (Wildman–Crippen MR) is 62.7 cm³/mol. The van der Waals surface area contributed by atoms with Crippen LogP contribution in [0.3, 0.4) is 0 Å². The van der Waals surface area contributed by atoms with Crippen molar-refractivity contribution in [2.45, 2.75) is 6.92 Å². The van der Waals surface area contributed by atoms with E-state index in [-0.39, 0.29) is 11.3 Å². The zero-order valence-electron chi connectivity index (χ0n) is 9.98. The van der Waals surface area contributed by atoms with Gasteiger partial charge < -0.3 is 9.47 Å². The van der Waals surface area contributed by atoms with Crippen LogP contribution < -0.4 is 0 Å². The van der Waals surface area contributed by atoms with Gasteiger partial charge in [-0.3, -0.25) is 0 Å². The molecule has 0 radical (unpaired) electrons. The van der Waals surface area contributed by atoms with Gasteiger partial charge in [0.05, 0.1) is 14.2 Å². The third kappa shape index (κ3) is 2.64. The summed E-state index contributed by atoms with van der Waals surface area (Å²) in [4.78, 5) is 11.4. The fourth-order valence-electron chi connectivity index (χ4n) is 1.47. The highest BCUT2D eigenvalue weighted by atomic mass is 16.5. The maximum atomic E-state index is 11.4. The SMILES string of the molecule is COC(=O)C(C#N)=C(OC)c1ccccc1C. The number of hydrogen-bond acceptors (Lipinski definition) is 4. The van der Waals surface area contributed by atoms with Gasteiger partial charge in [-0.25, -0.2) is 4.79 Å². The van der Waals surface area contributed by atoms with Gasteiger partial charge in [0.2, 0.25) is 0 Å². The molecule has 0 saturated heterocycles. The zero-order valence-corrected chi connectivity index (χ0v) is 9.98. The fraction of sp³-hybridized carbons (Fsp3) is 0.231. The molecule has 1 aromatic rings. The van der Waals surface area contributed by atoms with Gasteiger partial charge in [-0.05, 0) is 12.5 Å². The molecular weight excluding hydrogens is 218 g/mol. The average molecular weight is 231 g/mol. The fourth-order valence-corrected chi connectivity index (χ4v) is 1.47. The van der Waals surface area contributed by atoms with Gasteiger partial charge in [-0.15, -0.1) is 0 Å². The van der Waals surface area contributed by atoms with E-state index >= 15 is 0 Å². The van der Waals surface area contributed by atoms with E-state index in [0.717, 1.165) is 5.56 Å². The maximum Gasteiger partial charge on any atom is 0.352 e. The van der Waals surface area contributed by atoms with Crippen LogP contribution in [0.15, 0.2) is 29.8 Å². The highest BCUT2D eigenvalue weighted by Gasteiger charge is 2.19. The van der Waals surface area contributed by atoms with Crippen molar-refractivity contribution in [1.82, 2.24) is 0 Å². The van der Waals surface area contributed by atoms with Gasteiger partial charge in [-0.1, -0.05) is 24.3 Å². The topological polar surface area (TPSA) is 59.3 Å². The molecule has 0 fully saturated rings. The summed E-state index contributed by atoms with van der Waals surface area (Å²) < 4.78 is 9.70. The predicted octanol–water partition coefficient (Wildman–Crippen LogP) is 2.05. The van der Waals surface area contributed by atoms with Crippen molar-refractivity contribution < 1.29 is 14.3 Å². The molecule has 0 saturated carbocycles. The minimum absolute atomic E-state index is 0.135. The molecule has 0 N–H and O–H groups in total. The van der Waals surface area contributed by atoms with Gasteiger partial charge in [0, 0.05) is 5.56 Å². The summed E-state index contributed by atoms with van der Waals surface area (Å²) in [5, 5.41) is 8.99. The number of esters is 1. The first kappa shape index (κ1) is 12.8. The molecule has 4 heteroatoms. The van der Waals surface area contributed by atoms with E-state index in [1.807, 2.05) is 31.2 Å². The Kier molecular flexibility index (Phi) is 4.29. The van der Waals surface area contributed by atoms with Gasteiger partial charge in [-0.2, -0.15) is 5.26 Å². The zero-order chi connectivity index (χ0) is 12.8. The average Bonchev–Trinajstić information content (AvgIpc) is 2.36. The molecule has 0 aromatic heterocycles. The molecule has 0 heterocycles. The lowest BCUT2D eigenvalue weighted by Gasteiger charge is -2.10. The first-order valence-corrected chi connectivity index (χ1v) is 4.98. The van der Waals surface area contributed by atoms with E-state index in [0.29, 0.717) is 5.56 Å². The molecule has 0 aliphatic heterocycles. The van der Waals surface area contributed by atoms with Gasteiger partial charge in [0.1, 0.15) is 6.07 Å². The number of aryl methyl sites for hydroxylation is 1. The number of ether oxygens (including phenoxy) is 2. The van der Waals surface area contributed by atoms with Crippen LogP contribution in [0.25, 0.3) is 5.76 Å². The quantitative estimate of drug-likeness (QED) is 0.346. The van der Waals surface area contributed by atoms with E-state index < -0.39 is 5.97 Å². The molecule has 1 aromatic carbocycles. The smallest absolute Gasteiger partial charge is 0.352 e. The largest absolute Gasteiger partial charge is 0.494 e. The van der Waals surface area contributed by atoms with Crippen molar-refractivity contribution in [2.75, 3.05) is 14.2 Å². The molecule has 0 aliphatic carbocycles. The molecule has 0 atom stereocenters. The molecule has 0 aliphatic rings. The summed E-state index contributed by atoms with van der Waals surface area (Å²) in [6.07, 6.45) is 0. The Morgan fingerprint density at radius 1 is 1.24 bits per heavy atom. The monoisotopic (exact) mass is 231 g/mol. The van der Waals surface area contributed by atoms with Crippen LogP contribution >= 0.6 is 0 Å². The van der Waals surface area contributed by atoms with Crippen molar-refractivity contribution in [3.63, 3.8) is 0 Å². The molecule has 1 rings (SSSR count). The third-order valence-electron chi connectivity index (χ3n) is 2.32. The first-order valence-electron chi connectivity index (χ1n) is 4.98. The molecule has 0 spiro atoms. The lowest BCUT2D eigenvalue weighted by molar-refractivity contribution is -0.135. The number of hydrogen-bond donors (Lipinski definition) is 0. The first-order chi connectivity index (χ1) is 8.15. The van der Waals surface area contributed by atoms with Crippen LogP contribution in [0.5, 0.6) is 0 Å². The Balaban J connectivity index is 3.42. The second-order valence-corrected chi connectivity index (χ2v) is 3.33. The Morgan fingerprint density at radius 2 is 1.88 bits per heavy atom. The van der Waals surface area contributed by atoms with E-state index in [2.05, 4.69) is 4.74 Å². The summed E-state index contributed by atoms with van der Waals surface area (Å²) >= 11 is 0. The molecule has 88 valence electrons. The van der Waals surface area contributed by atoms with Gasteiger partial charge >= 0.3 is 5.97 Å². The third-order valence-corrected chi connectivity index (χ3v) is 2.32. The second-order valence-electron chi connectivity index (χ2n) is 3.33. The minimum Gasteiger partial charge on any atom is -0.494 e. The number of rotatable bonds is 3. The lowest BCUT2D eigenvalue weighted by Crippen LogP contribution is -2.07. The normalized spacial score (nSPS) is 11.2. The van der Waals surface area contributed by atoms with Crippen molar-refractivity contribution >= 4 is 11.7 Å². The van der Waals surface area contributed by atoms with Crippen molar-refractivity contribution in [3.8, 4) is 6.07 Å². The van der Waals surface area contributed by atoms with Crippen molar-refractivity contribution in [2.24, 2.45) is 0 Å². The van der Waals surface area contributed by atoms with Crippen LogP contribution in [-0.2, 0) is 14.3 Å². The van der Waals surface area contributed by atoms with Crippen LogP contribution in [0.1, 0.15) is 11.1 Å². The summed E-state index contributed by atoms with van der Waals surface area (Å²) in [7, 11) is 2.65. The number of carbonyl (C=O) groups excluding carboxylic acids is 1.